The van der Waals surface area contributed by atoms with Crippen LogP contribution in [0.1, 0.15) is 0 Å². The zero-order valence-corrected chi connectivity index (χ0v) is 9.26. The van der Waals surface area contributed by atoms with E-state index in [-0.39, 0.29) is 0 Å². The molecule has 0 bridgehead atoms. The zero-order chi connectivity index (χ0) is 10.8. The van der Waals surface area contributed by atoms with Gasteiger partial charge in [-0.05, 0) is 6.07 Å². The molecular weight excluding hydrogens is 231 g/mol. The summed E-state index contributed by atoms with van der Waals surface area (Å²) in [5, 5.41) is 0.875. The van der Waals surface area contributed by atoms with Gasteiger partial charge in [0.05, 0.1) is 15.7 Å². The first-order chi connectivity index (χ1) is 7.18. The Bertz CT molecular complexity index is 483. The van der Waals surface area contributed by atoms with Crippen molar-refractivity contribution in [3.05, 3.63) is 46.4 Å². The van der Waals surface area contributed by atoms with Crippen molar-refractivity contribution in [3.8, 4) is 11.3 Å². The fraction of sp³-hybridized carbons (Fsp3) is 0. The van der Waals surface area contributed by atoms with Gasteiger partial charge in [-0.25, -0.2) is 4.98 Å². The molecule has 1 aromatic carbocycles. The minimum Gasteiger partial charge on any atom is -0.382 e. The van der Waals surface area contributed by atoms with Crippen molar-refractivity contribution in [1.29, 1.82) is 0 Å². The molecule has 2 rings (SSSR count). The molecule has 4 heteroatoms. The highest BCUT2D eigenvalue weighted by molar-refractivity contribution is 6.37. The van der Waals surface area contributed by atoms with Crippen LogP contribution in [0.2, 0.25) is 10.0 Å². The monoisotopic (exact) mass is 238 g/mol. The lowest BCUT2D eigenvalue weighted by Gasteiger charge is -2.05. The molecule has 0 fully saturated rings. The van der Waals surface area contributed by atoms with Gasteiger partial charge >= 0.3 is 0 Å². The number of nitrogens with zero attached hydrogens (tertiary/aromatic N) is 1. The summed E-state index contributed by atoms with van der Waals surface area (Å²) in [7, 11) is 0. The van der Waals surface area contributed by atoms with Crippen molar-refractivity contribution in [2.24, 2.45) is 0 Å². The van der Waals surface area contributed by atoms with E-state index in [1.165, 1.54) is 0 Å². The predicted molar refractivity (Wildman–Crippen MR) is 64.1 cm³/mol. The summed E-state index contributed by atoms with van der Waals surface area (Å²) in [5.74, 6) is 0.292. The fourth-order valence-electron chi connectivity index (χ4n) is 1.28. The first-order valence-electron chi connectivity index (χ1n) is 4.35. The smallest absolute Gasteiger partial charge is 0.143 e. The molecule has 0 radical (unpaired) electrons. The van der Waals surface area contributed by atoms with Gasteiger partial charge in [0.15, 0.2) is 0 Å². The van der Waals surface area contributed by atoms with Gasteiger partial charge in [-0.2, -0.15) is 0 Å². The summed E-state index contributed by atoms with van der Waals surface area (Å²) >= 11 is 11.8. The Hall–Kier alpha value is -1.25. The molecular formula is C11H8Cl2N2. The summed E-state index contributed by atoms with van der Waals surface area (Å²) in [5.41, 5.74) is 7.20. The maximum atomic E-state index is 6.03. The van der Waals surface area contributed by atoms with Crippen LogP contribution in [0.25, 0.3) is 11.3 Å². The van der Waals surface area contributed by atoms with Crippen molar-refractivity contribution < 1.29 is 0 Å². The lowest BCUT2D eigenvalue weighted by molar-refractivity contribution is 1.33. The Labute approximate surface area is 97.7 Å². The van der Waals surface area contributed by atoms with Crippen LogP contribution in [0.4, 0.5) is 5.82 Å². The van der Waals surface area contributed by atoms with Gasteiger partial charge in [0, 0.05) is 5.56 Å². The standard InChI is InChI=1S/C11H8Cl2N2/c12-8-6-9(13)11(14)15-10(8)7-4-2-1-3-5-7/h1-6H,(H2,14,15). The third kappa shape index (κ3) is 2.06. The van der Waals surface area contributed by atoms with Gasteiger partial charge in [-0.15, -0.1) is 0 Å². The molecule has 2 nitrogen and oxygen atoms in total. The predicted octanol–water partition coefficient (Wildman–Crippen LogP) is 3.64. The number of anilines is 1. The first-order valence-corrected chi connectivity index (χ1v) is 5.11. The second kappa shape index (κ2) is 4.09. The Morgan fingerprint density at radius 3 is 2.33 bits per heavy atom. The molecule has 15 heavy (non-hydrogen) atoms. The van der Waals surface area contributed by atoms with Crippen LogP contribution < -0.4 is 5.73 Å². The minimum atomic E-state index is 0.292. The largest absolute Gasteiger partial charge is 0.382 e. The summed E-state index contributed by atoms with van der Waals surface area (Å²) in [6, 6.07) is 11.2. The zero-order valence-electron chi connectivity index (χ0n) is 7.74. The highest BCUT2D eigenvalue weighted by Gasteiger charge is 2.08. The third-order valence-corrected chi connectivity index (χ3v) is 2.59. The van der Waals surface area contributed by atoms with E-state index in [1.54, 1.807) is 6.07 Å². The number of aromatic nitrogens is 1. The van der Waals surface area contributed by atoms with Crippen molar-refractivity contribution in [1.82, 2.24) is 4.98 Å². The first kappa shape index (κ1) is 10.3. The van der Waals surface area contributed by atoms with Gasteiger partial charge in [0.2, 0.25) is 0 Å². The second-order valence-electron chi connectivity index (χ2n) is 3.05. The van der Waals surface area contributed by atoms with Gasteiger partial charge in [0.25, 0.3) is 0 Å². The van der Waals surface area contributed by atoms with Gasteiger partial charge in [-0.1, -0.05) is 53.5 Å². The van der Waals surface area contributed by atoms with E-state index >= 15 is 0 Å². The Morgan fingerprint density at radius 1 is 1.00 bits per heavy atom. The van der Waals surface area contributed by atoms with E-state index < -0.39 is 0 Å². The Balaban J connectivity index is 2.59. The highest BCUT2D eigenvalue weighted by atomic mass is 35.5. The molecule has 0 saturated heterocycles. The minimum absolute atomic E-state index is 0.292. The normalized spacial score (nSPS) is 10.3. The number of pyridine rings is 1. The van der Waals surface area contributed by atoms with Crippen LogP contribution in [0, 0.1) is 0 Å². The molecule has 2 aromatic rings. The topological polar surface area (TPSA) is 38.9 Å². The van der Waals surface area contributed by atoms with E-state index in [2.05, 4.69) is 4.98 Å². The average molecular weight is 239 g/mol. The number of hydrogen-bond donors (Lipinski definition) is 1. The van der Waals surface area contributed by atoms with Crippen LogP contribution >= 0.6 is 23.2 Å². The van der Waals surface area contributed by atoms with Gasteiger partial charge in [-0.3, -0.25) is 0 Å². The van der Waals surface area contributed by atoms with Crippen LogP contribution in [0.15, 0.2) is 36.4 Å². The van der Waals surface area contributed by atoms with E-state index in [0.717, 1.165) is 5.56 Å². The molecule has 0 spiro atoms. The van der Waals surface area contributed by atoms with Crippen LogP contribution in [0.5, 0.6) is 0 Å². The maximum absolute atomic E-state index is 6.03. The molecule has 0 aliphatic rings. The lowest BCUT2D eigenvalue weighted by atomic mass is 10.1. The number of halogens is 2. The molecule has 2 N–H and O–H groups in total. The van der Waals surface area contributed by atoms with E-state index in [4.69, 9.17) is 28.9 Å². The molecule has 0 aliphatic heterocycles. The number of rotatable bonds is 1. The molecule has 0 amide bonds. The number of hydrogen-bond acceptors (Lipinski definition) is 2. The molecule has 0 aliphatic carbocycles. The quantitative estimate of drug-likeness (QED) is 0.825. The van der Waals surface area contributed by atoms with E-state index in [0.29, 0.717) is 21.6 Å². The summed E-state index contributed by atoms with van der Waals surface area (Å²) < 4.78 is 0. The van der Waals surface area contributed by atoms with E-state index in [1.807, 2.05) is 30.3 Å². The summed E-state index contributed by atoms with van der Waals surface area (Å²) in [6.07, 6.45) is 0. The number of benzene rings is 1. The highest BCUT2D eigenvalue weighted by Crippen LogP contribution is 2.30. The van der Waals surface area contributed by atoms with Crippen LogP contribution in [-0.4, -0.2) is 4.98 Å². The van der Waals surface area contributed by atoms with Crippen molar-refractivity contribution in [2.75, 3.05) is 5.73 Å². The third-order valence-electron chi connectivity index (χ3n) is 2.00. The summed E-state index contributed by atoms with van der Waals surface area (Å²) in [6.45, 7) is 0. The Kier molecular flexibility index (Phi) is 2.80. The molecule has 0 atom stereocenters. The van der Waals surface area contributed by atoms with Crippen LogP contribution in [-0.2, 0) is 0 Å². The van der Waals surface area contributed by atoms with Gasteiger partial charge in [0.1, 0.15) is 5.82 Å². The molecule has 0 unspecified atom stereocenters. The molecule has 1 aromatic heterocycles. The van der Waals surface area contributed by atoms with Gasteiger partial charge < -0.3 is 5.73 Å². The number of nitrogens with two attached hydrogens (primary N) is 1. The molecule has 76 valence electrons. The lowest BCUT2D eigenvalue weighted by Crippen LogP contribution is -1.94. The van der Waals surface area contributed by atoms with Crippen LogP contribution in [0.3, 0.4) is 0 Å². The fourth-order valence-corrected chi connectivity index (χ4v) is 1.75. The molecule has 1 heterocycles. The number of nitrogen functional groups attached to an aromatic ring is 1. The van der Waals surface area contributed by atoms with E-state index in [9.17, 15) is 0 Å². The second-order valence-corrected chi connectivity index (χ2v) is 3.87. The van der Waals surface area contributed by atoms with Crippen molar-refractivity contribution >= 4 is 29.0 Å². The average Bonchev–Trinajstić information content (AvgIpc) is 2.25. The SMILES string of the molecule is Nc1nc(-c2ccccc2)c(Cl)cc1Cl. The van der Waals surface area contributed by atoms with Crippen molar-refractivity contribution in [2.45, 2.75) is 0 Å². The Morgan fingerprint density at radius 2 is 1.67 bits per heavy atom. The molecule has 0 saturated carbocycles. The maximum Gasteiger partial charge on any atom is 0.143 e. The summed E-state index contributed by atoms with van der Waals surface area (Å²) in [4.78, 5) is 4.16. The van der Waals surface area contributed by atoms with Crippen molar-refractivity contribution in [3.63, 3.8) is 0 Å².